The summed E-state index contributed by atoms with van der Waals surface area (Å²) in [6.45, 7) is 2.07. The molecule has 2 aromatic carbocycles. The standard InChI is InChI=1S/C20H26N2O3/c1-15(16-10-6-4-7-11-16)25-20(24)19(17-12-8-5-9-13-17)22(3)14-18(23)21-2/h4-13,15,19-20,24H,14H2,1-3H3,(H,21,23)/t15-,19?,20?/m0/s1. The van der Waals surface area contributed by atoms with Crippen molar-refractivity contribution in [1.82, 2.24) is 10.2 Å². The normalized spacial score (nSPS) is 14.8. The number of nitrogens with one attached hydrogen (secondary N) is 1. The Balaban J connectivity index is 2.17. The van der Waals surface area contributed by atoms with E-state index in [4.69, 9.17) is 4.74 Å². The second-order valence-corrected chi connectivity index (χ2v) is 6.02. The molecule has 3 atom stereocenters. The summed E-state index contributed by atoms with van der Waals surface area (Å²) >= 11 is 0. The fourth-order valence-electron chi connectivity index (χ4n) is 2.78. The molecule has 2 unspecified atom stereocenters. The third kappa shape index (κ3) is 5.39. The lowest BCUT2D eigenvalue weighted by Gasteiger charge is -2.33. The van der Waals surface area contributed by atoms with Crippen molar-refractivity contribution in [2.75, 3.05) is 20.6 Å². The van der Waals surface area contributed by atoms with Crippen LogP contribution in [-0.2, 0) is 9.53 Å². The lowest BCUT2D eigenvalue weighted by Crippen LogP contribution is -2.41. The molecule has 0 aliphatic heterocycles. The van der Waals surface area contributed by atoms with E-state index in [0.717, 1.165) is 11.1 Å². The highest BCUT2D eigenvalue weighted by atomic mass is 16.6. The minimum atomic E-state index is -1.08. The van der Waals surface area contributed by atoms with Gasteiger partial charge in [0.2, 0.25) is 5.91 Å². The van der Waals surface area contributed by atoms with Crippen LogP contribution in [0.5, 0.6) is 0 Å². The Morgan fingerprint density at radius 3 is 2.12 bits per heavy atom. The van der Waals surface area contributed by atoms with Gasteiger partial charge in [0.25, 0.3) is 0 Å². The molecule has 0 aliphatic rings. The van der Waals surface area contributed by atoms with E-state index >= 15 is 0 Å². The smallest absolute Gasteiger partial charge is 0.233 e. The van der Waals surface area contributed by atoms with Gasteiger partial charge in [-0.25, -0.2) is 0 Å². The van der Waals surface area contributed by atoms with E-state index < -0.39 is 12.3 Å². The van der Waals surface area contributed by atoms with Crippen LogP contribution in [0.25, 0.3) is 0 Å². The largest absolute Gasteiger partial charge is 0.366 e. The Morgan fingerprint density at radius 2 is 1.60 bits per heavy atom. The maximum absolute atomic E-state index is 11.7. The number of hydrogen-bond acceptors (Lipinski definition) is 4. The van der Waals surface area contributed by atoms with Crippen LogP contribution in [-0.4, -0.2) is 42.8 Å². The molecule has 2 N–H and O–H groups in total. The van der Waals surface area contributed by atoms with Gasteiger partial charge < -0.3 is 15.2 Å². The maximum atomic E-state index is 11.7. The predicted octanol–water partition coefficient (Wildman–Crippen LogP) is 2.50. The number of aliphatic hydroxyl groups excluding tert-OH is 1. The third-order valence-corrected chi connectivity index (χ3v) is 4.17. The van der Waals surface area contributed by atoms with Gasteiger partial charge in [0.05, 0.1) is 18.7 Å². The first kappa shape index (κ1) is 19.1. The molecule has 0 aliphatic carbocycles. The summed E-state index contributed by atoms with van der Waals surface area (Å²) < 4.78 is 5.87. The van der Waals surface area contributed by atoms with Gasteiger partial charge in [0, 0.05) is 7.05 Å². The second-order valence-electron chi connectivity index (χ2n) is 6.02. The zero-order chi connectivity index (χ0) is 18.2. The molecule has 134 valence electrons. The number of likely N-dealkylation sites (N-methyl/N-ethyl adjacent to an activating group) is 2. The van der Waals surface area contributed by atoms with Crippen LogP contribution < -0.4 is 5.32 Å². The molecule has 2 rings (SSSR count). The van der Waals surface area contributed by atoms with Gasteiger partial charge in [-0.05, 0) is 25.1 Å². The van der Waals surface area contributed by atoms with Gasteiger partial charge in [0.1, 0.15) is 0 Å². The van der Waals surface area contributed by atoms with Gasteiger partial charge in [-0.3, -0.25) is 9.69 Å². The number of carbonyl (C=O) groups is 1. The molecule has 0 radical (unpaired) electrons. The fourth-order valence-corrected chi connectivity index (χ4v) is 2.78. The Bertz CT molecular complexity index is 649. The zero-order valence-electron chi connectivity index (χ0n) is 14.9. The van der Waals surface area contributed by atoms with E-state index in [1.54, 1.807) is 19.0 Å². The Hall–Kier alpha value is -2.21. The summed E-state index contributed by atoms with van der Waals surface area (Å²) in [5, 5.41) is 13.4. The number of benzene rings is 2. The van der Waals surface area contributed by atoms with Gasteiger partial charge >= 0.3 is 0 Å². The minimum absolute atomic E-state index is 0.119. The van der Waals surface area contributed by atoms with Crippen molar-refractivity contribution in [2.45, 2.75) is 25.4 Å². The fraction of sp³-hybridized carbons (Fsp3) is 0.350. The highest BCUT2D eigenvalue weighted by Gasteiger charge is 2.28. The van der Waals surface area contributed by atoms with E-state index in [1.165, 1.54) is 0 Å². The molecule has 0 aromatic heterocycles. The third-order valence-electron chi connectivity index (χ3n) is 4.17. The molecule has 1 amide bonds. The van der Waals surface area contributed by atoms with Crippen LogP contribution in [0.4, 0.5) is 0 Å². The highest BCUT2D eigenvalue weighted by molar-refractivity contribution is 5.77. The molecule has 0 saturated heterocycles. The van der Waals surface area contributed by atoms with E-state index in [2.05, 4.69) is 5.32 Å². The van der Waals surface area contributed by atoms with Crippen LogP contribution in [0, 0.1) is 0 Å². The molecule has 0 bridgehead atoms. The van der Waals surface area contributed by atoms with Gasteiger partial charge in [0.15, 0.2) is 6.29 Å². The van der Waals surface area contributed by atoms with Crippen LogP contribution in [0.3, 0.4) is 0 Å². The summed E-state index contributed by atoms with van der Waals surface area (Å²) in [6, 6.07) is 18.9. The summed E-state index contributed by atoms with van der Waals surface area (Å²) in [5.41, 5.74) is 1.88. The predicted molar refractivity (Wildman–Crippen MR) is 97.8 cm³/mol. The number of rotatable bonds is 8. The molecule has 0 heterocycles. The Kier molecular flexibility index (Phi) is 7.13. The minimum Gasteiger partial charge on any atom is -0.366 e. The van der Waals surface area contributed by atoms with Crippen molar-refractivity contribution >= 4 is 5.91 Å². The Labute approximate surface area is 149 Å². The number of aliphatic hydroxyl groups is 1. The molecule has 5 heteroatoms. The van der Waals surface area contributed by atoms with E-state index in [-0.39, 0.29) is 18.6 Å². The second kappa shape index (κ2) is 9.32. The maximum Gasteiger partial charge on any atom is 0.233 e. The van der Waals surface area contributed by atoms with Gasteiger partial charge in [-0.1, -0.05) is 60.7 Å². The molecule has 25 heavy (non-hydrogen) atoms. The van der Waals surface area contributed by atoms with Crippen LogP contribution >= 0.6 is 0 Å². The average molecular weight is 342 g/mol. The van der Waals surface area contributed by atoms with Crippen molar-refractivity contribution in [3.63, 3.8) is 0 Å². The van der Waals surface area contributed by atoms with Crippen molar-refractivity contribution in [3.8, 4) is 0 Å². The summed E-state index contributed by atoms with van der Waals surface area (Å²) in [5.74, 6) is -0.119. The van der Waals surface area contributed by atoms with E-state index in [9.17, 15) is 9.90 Å². The number of nitrogens with zero attached hydrogens (tertiary/aromatic N) is 1. The van der Waals surface area contributed by atoms with Gasteiger partial charge in [-0.2, -0.15) is 0 Å². The van der Waals surface area contributed by atoms with Crippen molar-refractivity contribution in [2.24, 2.45) is 0 Å². The lowest BCUT2D eigenvalue weighted by atomic mass is 10.0. The van der Waals surface area contributed by atoms with Crippen LogP contribution in [0.15, 0.2) is 60.7 Å². The first-order chi connectivity index (χ1) is 12.0. The van der Waals surface area contributed by atoms with Gasteiger partial charge in [-0.15, -0.1) is 0 Å². The molecular weight excluding hydrogens is 316 g/mol. The molecule has 0 saturated carbocycles. The molecule has 0 fully saturated rings. The number of amides is 1. The van der Waals surface area contributed by atoms with Crippen molar-refractivity contribution in [3.05, 3.63) is 71.8 Å². The summed E-state index contributed by atoms with van der Waals surface area (Å²) in [6.07, 6.45) is -1.34. The van der Waals surface area contributed by atoms with Crippen LogP contribution in [0.2, 0.25) is 0 Å². The monoisotopic (exact) mass is 342 g/mol. The first-order valence-electron chi connectivity index (χ1n) is 8.37. The van der Waals surface area contributed by atoms with E-state index in [0.29, 0.717) is 0 Å². The quantitative estimate of drug-likeness (QED) is 0.724. The summed E-state index contributed by atoms with van der Waals surface area (Å²) in [4.78, 5) is 13.5. The van der Waals surface area contributed by atoms with Crippen LogP contribution in [0.1, 0.15) is 30.2 Å². The number of carbonyl (C=O) groups excluding carboxylic acids is 1. The number of hydrogen-bond donors (Lipinski definition) is 2. The summed E-state index contributed by atoms with van der Waals surface area (Å²) in [7, 11) is 3.39. The molecule has 5 nitrogen and oxygen atoms in total. The zero-order valence-corrected chi connectivity index (χ0v) is 14.9. The highest BCUT2D eigenvalue weighted by Crippen LogP contribution is 2.28. The molecule has 0 spiro atoms. The number of ether oxygens (including phenoxy) is 1. The molecule has 2 aromatic rings. The van der Waals surface area contributed by atoms with E-state index in [1.807, 2.05) is 67.6 Å². The Morgan fingerprint density at radius 1 is 1.08 bits per heavy atom. The first-order valence-corrected chi connectivity index (χ1v) is 8.37. The average Bonchev–Trinajstić information content (AvgIpc) is 2.63. The lowest BCUT2D eigenvalue weighted by molar-refractivity contribution is -0.170. The SMILES string of the molecule is CNC(=O)CN(C)C(c1ccccc1)C(O)O[C@@H](C)c1ccccc1. The van der Waals surface area contributed by atoms with Crippen molar-refractivity contribution < 1.29 is 14.6 Å². The molecular formula is C20H26N2O3. The van der Waals surface area contributed by atoms with Crippen molar-refractivity contribution in [1.29, 1.82) is 0 Å². The topological polar surface area (TPSA) is 61.8 Å².